The van der Waals surface area contributed by atoms with Gasteiger partial charge in [-0.15, -0.1) is 0 Å². The molecule has 0 unspecified atom stereocenters. The fourth-order valence-corrected chi connectivity index (χ4v) is 4.20. The molecule has 0 aliphatic carbocycles. The SMILES string of the molecule is CCCCCc1ccc(-c2ccc(-c3ccc(CCC)c(C)c3)c(CC)c2)cc1. The Morgan fingerprint density at radius 3 is 1.97 bits per heavy atom. The largest absolute Gasteiger partial charge is 0.0654 e. The van der Waals surface area contributed by atoms with E-state index < -0.39 is 0 Å². The van der Waals surface area contributed by atoms with Gasteiger partial charge in [-0.2, -0.15) is 0 Å². The van der Waals surface area contributed by atoms with E-state index in [9.17, 15) is 0 Å². The third-order valence-electron chi connectivity index (χ3n) is 6.02. The van der Waals surface area contributed by atoms with Crippen molar-refractivity contribution in [1.82, 2.24) is 0 Å². The van der Waals surface area contributed by atoms with Crippen molar-refractivity contribution >= 4 is 0 Å². The fraction of sp³-hybridized carbons (Fsp3) is 0.379. The van der Waals surface area contributed by atoms with E-state index in [2.05, 4.69) is 88.4 Å². The molecule has 0 heterocycles. The summed E-state index contributed by atoms with van der Waals surface area (Å²) in [5.74, 6) is 0. The van der Waals surface area contributed by atoms with Crippen LogP contribution in [-0.4, -0.2) is 0 Å². The van der Waals surface area contributed by atoms with E-state index in [-0.39, 0.29) is 0 Å². The molecule has 0 bridgehead atoms. The molecule has 0 aliphatic heterocycles. The van der Waals surface area contributed by atoms with Crippen molar-refractivity contribution in [2.24, 2.45) is 0 Å². The lowest BCUT2D eigenvalue weighted by molar-refractivity contribution is 0.717. The first-order chi connectivity index (χ1) is 14.2. The van der Waals surface area contributed by atoms with E-state index >= 15 is 0 Å². The summed E-state index contributed by atoms with van der Waals surface area (Å²) in [6.45, 7) is 9.02. The van der Waals surface area contributed by atoms with Gasteiger partial charge in [0.05, 0.1) is 0 Å². The first-order valence-electron chi connectivity index (χ1n) is 11.5. The molecule has 0 nitrogen and oxygen atoms in total. The molecule has 29 heavy (non-hydrogen) atoms. The van der Waals surface area contributed by atoms with Crippen molar-refractivity contribution in [3.63, 3.8) is 0 Å². The minimum atomic E-state index is 1.05. The van der Waals surface area contributed by atoms with Crippen LogP contribution in [0, 0.1) is 6.92 Å². The smallest absolute Gasteiger partial charge is 0.0151 e. The normalized spacial score (nSPS) is 11.0. The summed E-state index contributed by atoms with van der Waals surface area (Å²) in [5, 5.41) is 0. The van der Waals surface area contributed by atoms with Crippen molar-refractivity contribution in [3.8, 4) is 22.3 Å². The number of unbranched alkanes of at least 4 members (excludes halogenated alkanes) is 2. The molecule has 3 aromatic rings. The lowest BCUT2D eigenvalue weighted by Gasteiger charge is -2.14. The zero-order chi connectivity index (χ0) is 20.6. The lowest BCUT2D eigenvalue weighted by Crippen LogP contribution is -1.93. The summed E-state index contributed by atoms with van der Waals surface area (Å²) < 4.78 is 0. The Hall–Kier alpha value is -2.34. The van der Waals surface area contributed by atoms with Crippen LogP contribution in [0.1, 0.15) is 68.7 Å². The Labute approximate surface area is 178 Å². The van der Waals surface area contributed by atoms with Gasteiger partial charge in [-0.1, -0.05) is 101 Å². The minimum Gasteiger partial charge on any atom is -0.0654 e. The maximum Gasteiger partial charge on any atom is -0.0151 e. The van der Waals surface area contributed by atoms with Gasteiger partial charge in [-0.05, 0) is 77.1 Å². The Balaban J connectivity index is 1.84. The summed E-state index contributed by atoms with van der Waals surface area (Å²) in [7, 11) is 0. The van der Waals surface area contributed by atoms with Crippen molar-refractivity contribution in [2.45, 2.75) is 72.6 Å². The second kappa shape index (κ2) is 10.4. The van der Waals surface area contributed by atoms with Gasteiger partial charge in [0.25, 0.3) is 0 Å². The molecule has 0 fully saturated rings. The molecular weight excluding hydrogens is 348 g/mol. The highest BCUT2D eigenvalue weighted by Crippen LogP contribution is 2.31. The number of hydrogen-bond donors (Lipinski definition) is 0. The third kappa shape index (κ3) is 5.38. The van der Waals surface area contributed by atoms with E-state index in [4.69, 9.17) is 0 Å². The molecule has 0 saturated heterocycles. The zero-order valence-corrected chi connectivity index (χ0v) is 18.7. The van der Waals surface area contributed by atoms with Crippen molar-refractivity contribution < 1.29 is 0 Å². The molecule has 0 saturated carbocycles. The standard InChI is InChI=1S/C29H36/c1-5-8-9-11-23-12-14-26(15-13-23)27-18-19-29(24(7-3)21-27)28-17-16-25(10-6-2)22(4)20-28/h12-21H,5-11H2,1-4H3. The van der Waals surface area contributed by atoms with Crippen molar-refractivity contribution in [3.05, 3.63) is 82.9 Å². The van der Waals surface area contributed by atoms with Crippen LogP contribution >= 0.6 is 0 Å². The highest BCUT2D eigenvalue weighted by molar-refractivity contribution is 5.74. The van der Waals surface area contributed by atoms with Gasteiger partial charge in [-0.3, -0.25) is 0 Å². The van der Waals surface area contributed by atoms with E-state index in [1.807, 2.05) is 0 Å². The molecule has 0 atom stereocenters. The maximum absolute atomic E-state index is 2.39. The predicted molar refractivity (Wildman–Crippen MR) is 129 cm³/mol. The van der Waals surface area contributed by atoms with Gasteiger partial charge in [-0.25, -0.2) is 0 Å². The quantitative estimate of drug-likeness (QED) is 0.324. The second-order valence-corrected chi connectivity index (χ2v) is 8.27. The molecule has 0 aromatic heterocycles. The average molecular weight is 385 g/mol. The highest BCUT2D eigenvalue weighted by Gasteiger charge is 2.08. The Bertz CT molecular complexity index is 915. The zero-order valence-electron chi connectivity index (χ0n) is 18.7. The van der Waals surface area contributed by atoms with E-state index in [0.717, 1.165) is 6.42 Å². The molecule has 0 N–H and O–H groups in total. The minimum absolute atomic E-state index is 1.05. The van der Waals surface area contributed by atoms with E-state index in [1.54, 1.807) is 0 Å². The molecule has 152 valence electrons. The summed E-state index contributed by atoms with van der Waals surface area (Å²) in [6.07, 6.45) is 8.51. The van der Waals surface area contributed by atoms with Crippen molar-refractivity contribution in [1.29, 1.82) is 0 Å². The molecule has 0 amide bonds. The predicted octanol–water partition coefficient (Wildman–Crippen LogP) is 8.58. The lowest BCUT2D eigenvalue weighted by atomic mass is 9.91. The second-order valence-electron chi connectivity index (χ2n) is 8.27. The van der Waals surface area contributed by atoms with Crippen LogP contribution in [0.2, 0.25) is 0 Å². The molecule has 0 radical (unpaired) electrons. The van der Waals surface area contributed by atoms with Gasteiger partial charge < -0.3 is 0 Å². The van der Waals surface area contributed by atoms with Crippen LogP contribution in [0.5, 0.6) is 0 Å². The first-order valence-corrected chi connectivity index (χ1v) is 11.5. The van der Waals surface area contributed by atoms with Gasteiger partial charge in [0, 0.05) is 0 Å². The van der Waals surface area contributed by atoms with Crippen LogP contribution in [0.3, 0.4) is 0 Å². The molecule has 3 aromatic carbocycles. The first kappa shape index (κ1) is 21.4. The average Bonchev–Trinajstić information content (AvgIpc) is 2.75. The van der Waals surface area contributed by atoms with Gasteiger partial charge >= 0.3 is 0 Å². The van der Waals surface area contributed by atoms with Gasteiger partial charge in [0.1, 0.15) is 0 Å². The van der Waals surface area contributed by atoms with Crippen LogP contribution in [0.25, 0.3) is 22.3 Å². The molecule has 3 rings (SSSR count). The summed E-state index contributed by atoms with van der Waals surface area (Å²) in [5.41, 5.74) is 11.1. The summed E-state index contributed by atoms with van der Waals surface area (Å²) in [4.78, 5) is 0. The number of hydrogen-bond acceptors (Lipinski definition) is 0. The molecular formula is C29H36. The Morgan fingerprint density at radius 2 is 1.31 bits per heavy atom. The van der Waals surface area contributed by atoms with Crippen LogP contribution < -0.4 is 0 Å². The molecule has 0 heteroatoms. The molecule has 0 aliphatic rings. The summed E-state index contributed by atoms with van der Waals surface area (Å²) in [6, 6.07) is 23.2. The van der Waals surface area contributed by atoms with Crippen molar-refractivity contribution in [2.75, 3.05) is 0 Å². The van der Waals surface area contributed by atoms with Gasteiger partial charge in [0.2, 0.25) is 0 Å². The monoisotopic (exact) mass is 384 g/mol. The van der Waals surface area contributed by atoms with Gasteiger partial charge in [0.15, 0.2) is 0 Å². The number of aryl methyl sites for hydroxylation is 4. The maximum atomic E-state index is 2.39. The fourth-order valence-electron chi connectivity index (χ4n) is 4.20. The third-order valence-corrected chi connectivity index (χ3v) is 6.02. The van der Waals surface area contributed by atoms with E-state index in [0.29, 0.717) is 0 Å². The Morgan fingerprint density at radius 1 is 0.586 bits per heavy atom. The highest BCUT2D eigenvalue weighted by atomic mass is 14.1. The van der Waals surface area contributed by atoms with E-state index in [1.165, 1.54) is 83.0 Å². The summed E-state index contributed by atoms with van der Waals surface area (Å²) >= 11 is 0. The van der Waals surface area contributed by atoms with Crippen LogP contribution in [0.4, 0.5) is 0 Å². The van der Waals surface area contributed by atoms with Crippen LogP contribution in [-0.2, 0) is 19.3 Å². The number of rotatable bonds is 9. The number of benzene rings is 3. The van der Waals surface area contributed by atoms with Crippen LogP contribution in [0.15, 0.2) is 60.7 Å². The topological polar surface area (TPSA) is 0 Å². The molecule has 0 spiro atoms. The Kier molecular flexibility index (Phi) is 7.69.